The van der Waals surface area contributed by atoms with Gasteiger partial charge in [-0.3, -0.25) is 9.79 Å². The normalized spacial score (nSPS) is 20.8. The van der Waals surface area contributed by atoms with Crippen molar-refractivity contribution in [3.8, 4) is 0 Å². The van der Waals surface area contributed by atoms with E-state index in [4.69, 9.17) is 0 Å². The lowest BCUT2D eigenvalue weighted by molar-refractivity contribution is -0.120. The summed E-state index contributed by atoms with van der Waals surface area (Å²) in [5, 5.41) is 6.23. The first-order chi connectivity index (χ1) is 12.5. The average molecular weight is 362 g/mol. The number of nitrogens with zero attached hydrogens (tertiary/aromatic N) is 2. The first-order valence-electron chi connectivity index (χ1n) is 9.52. The molecule has 1 aromatic rings. The molecule has 2 rings (SSSR count). The van der Waals surface area contributed by atoms with Crippen LogP contribution >= 0.6 is 0 Å². The number of likely N-dealkylation sites (tertiary alicyclic amines) is 1. The summed E-state index contributed by atoms with van der Waals surface area (Å²) < 4.78 is 12.9. The molecule has 0 saturated carbocycles. The predicted molar refractivity (Wildman–Crippen MR) is 104 cm³/mol. The summed E-state index contributed by atoms with van der Waals surface area (Å²) >= 11 is 0. The van der Waals surface area contributed by atoms with Gasteiger partial charge >= 0.3 is 0 Å². The van der Waals surface area contributed by atoms with Crippen molar-refractivity contribution in [2.45, 2.75) is 33.6 Å². The topological polar surface area (TPSA) is 56.7 Å². The minimum absolute atomic E-state index is 0.0722. The summed E-state index contributed by atoms with van der Waals surface area (Å²) in [5.41, 5.74) is 0.803. The van der Waals surface area contributed by atoms with E-state index in [1.807, 2.05) is 0 Å². The summed E-state index contributed by atoms with van der Waals surface area (Å²) in [6.07, 6.45) is 1.51. The predicted octanol–water partition coefficient (Wildman–Crippen LogP) is 2.43. The van der Waals surface area contributed by atoms with Crippen LogP contribution in [0, 0.1) is 17.7 Å². The van der Waals surface area contributed by atoms with E-state index in [1.54, 1.807) is 12.1 Å². The Bertz CT molecular complexity index is 592. The molecule has 1 aliphatic rings. The Kier molecular flexibility index (Phi) is 7.88. The van der Waals surface area contributed by atoms with Gasteiger partial charge in [-0.25, -0.2) is 4.39 Å². The molecule has 0 radical (unpaired) electrons. The van der Waals surface area contributed by atoms with E-state index in [9.17, 15) is 9.18 Å². The minimum atomic E-state index is -0.291. The van der Waals surface area contributed by atoms with Crippen molar-refractivity contribution in [2.24, 2.45) is 16.8 Å². The van der Waals surface area contributed by atoms with Gasteiger partial charge in [-0.1, -0.05) is 26.0 Å². The second-order valence-electron chi connectivity index (χ2n) is 7.24. The number of hydrogen-bond acceptors (Lipinski definition) is 2. The number of rotatable bonds is 6. The van der Waals surface area contributed by atoms with Crippen molar-refractivity contribution in [3.63, 3.8) is 0 Å². The molecule has 0 aliphatic carbocycles. The van der Waals surface area contributed by atoms with E-state index in [2.05, 4.69) is 41.3 Å². The molecule has 1 aliphatic heterocycles. The number of aliphatic imine (C=N–C) groups is 1. The second kappa shape index (κ2) is 10.1. The third-order valence-corrected chi connectivity index (χ3v) is 4.48. The second-order valence-corrected chi connectivity index (χ2v) is 7.24. The van der Waals surface area contributed by atoms with Crippen LogP contribution in [-0.4, -0.2) is 49.5 Å². The van der Waals surface area contributed by atoms with Crippen LogP contribution < -0.4 is 10.6 Å². The van der Waals surface area contributed by atoms with Crippen LogP contribution in [0.5, 0.6) is 0 Å². The van der Waals surface area contributed by atoms with Crippen LogP contribution in [0.1, 0.15) is 32.8 Å². The molecule has 1 heterocycles. The molecular formula is C20H31FN4O. The van der Waals surface area contributed by atoms with Gasteiger partial charge in [0.15, 0.2) is 5.96 Å². The quantitative estimate of drug-likeness (QED) is 0.464. The van der Waals surface area contributed by atoms with Gasteiger partial charge in [0, 0.05) is 26.2 Å². The van der Waals surface area contributed by atoms with Gasteiger partial charge < -0.3 is 15.5 Å². The van der Waals surface area contributed by atoms with Crippen LogP contribution in [0.25, 0.3) is 0 Å². The van der Waals surface area contributed by atoms with E-state index < -0.39 is 0 Å². The highest BCUT2D eigenvalue weighted by Crippen LogP contribution is 2.20. The van der Waals surface area contributed by atoms with Crippen molar-refractivity contribution in [3.05, 3.63) is 35.6 Å². The zero-order chi connectivity index (χ0) is 18.9. The molecule has 5 nitrogen and oxygen atoms in total. The van der Waals surface area contributed by atoms with Crippen molar-refractivity contribution >= 4 is 11.9 Å². The average Bonchev–Trinajstić information content (AvgIpc) is 2.59. The fraction of sp³-hybridized carbons (Fsp3) is 0.600. The molecule has 1 fully saturated rings. The van der Waals surface area contributed by atoms with Crippen molar-refractivity contribution in [1.29, 1.82) is 0 Å². The van der Waals surface area contributed by atoms with Gasteiger partial charge in [0.25, 0.3) is 0 Å². The standard InChI is InChI=1S/C20H31FN4O/c1-4-22-20(25-13-15(2)11-16(3)14-25)24-10-9-23-19(26)12-17-5-7-18(21)8-6-17/h5-8,15-16H,4,9-14H2,1-3H3,(H,22,24)(H,23,26). The fourth-order valence-corrected chi connectivity index (χ4v) is 3.47. The number of piperidine rings is 1. The van der Waals surface area contributed by atoms with Gasteiger partial charge in [0.2, 0.25) is 5.91 Å². The van der Waals surface area contributed by atoms with E-state index in [0.717, 1.165) is 31.2 Å². The van der Waals surface area contributed by atoms with Crippen LogP contribution in [0.2, 0.25) is 0 Å². The highest BCUT2D eigenvalue weighted by molar-refractivity contribution is 5.80. The highest BCUT2D eigenvalue weighted by atomic mass is 19.1. The number of hydrogen-bond donors (Lipinski definition) is 2. The molecule has 1 aromatic carbocycles. The zero-order valence-electron chi connectivity index (χ0n) is 16.1. The van der Waals surface area contributed by atoms with Crippen LogP contribution in [0.3, 0.4) is 0 Å². The molecule has 6 heteroatoms. The van der Waals surface area contributed by atoms with Gasteiger partial charge in [0.05, 0.1) is 13.0 Å². The smallest absolute Gasteiger partial charge is 0.224 e. The molecule has 0 spiro atoms. The first-order valence-corrected chi connectivity index (χ1v) is 9.52. The van der Waals surface area contributed by atoms with Crippen LogP contribution in [0.4, 0.5) is 4.39 Å². The van der Waals surface area contributed by atoms with Gasteiger partial charge in [-0.2, -0.15) is 0 Å². The summed E-state index contributed by atoms with van der Waals surface area (Å²) in [4.78, 5) is 19.0. The van der Waals surface area contributed by atoms with Crippen LogP contribution in [-0.2, 0) is 11.2 Å². The lowest BCUT2D eigenvalue weighted by atomic mass is 9.92. The molecular weight excluding hydrogens is 331 g/mol. The molecule has 2 atom stereocenters. The first kappa shape index (κ1) is 20.2. The van der Waals surface area contributed by atoms with E-state index in [-0.39, 0.29) is 18.1 Å². The number of guanidine groups is 1. The monoisotopic (exact) mass is 362 g/mol. The number of nitrogens with one attached hydrogen (secondary N) is 2. The maximum Gasteiger partial charge on any atom is 0.224 e. The fourth-order valence-electron chi connectivity index (χ4n) is 3.47. The summed E-state index contributed by atoms with van der Waals surface area (Å²) in [6.45, 7) is 10.5. The Balaban J connectivity index is 1.80. The molecule has 26 heavy (non-hydrogen) atoms. The zero-order valence-corrected chi connectivity index (χ0v) is 16.1. The summed E-state index contributed by atoms with van der Waals surface area (Å²) in [7, 11) is 0. The van der Waals surface area contributed by atoms with Crippen molar-refractivity contribution in [2.75, 3.05) is 32.7 Å². The van der Waals surface area contributed by atoms with Gasteiger partial charge in [-0.05, 0) is 42.9 Å². The maximum absolute atomic E-state index is 12.9. The maximum atomic E-state index is 12.9. The van der Waals surface area contributed by atoms with Crippen LogP contribution in [0.15, 0.2) is 29.3 Å². The Morgan fingerprint density at radius 3 is 2.46 bits per heavy atom. The molecule has 0 aromatic heterocycles. The van der Waals surface area contributed by atoms with Gasteiger partial charge in [-0.15, -0.1) is 0 Å². The number of amides is 1. The highest BCUT2D eigenvalue weighted by Gasteiger charge is 2.23. The number of halogens is 1. The molecule has 2 N–H and O–H groups in total. The number of carbonyl (C=O) groups excluding carboxylic acids is 1. The Morgan fingerprint density at radius 1 is 1.19 bits per heavy atom. The lowest BCUT2D eigenvalue weighted by Crippen LogP contribution is -2.48. The third-order valence-electron chi connectivity index (χ3n) is 4.48. The minimum Gasteiger partial charge on any atom is -0.357 e. The van der Waals surface area contributed by atoms with E-state index >= 15 is 0 Å². The van der Waals surface area contributed by atoms with Gasteiger partial charge in [0.1, 0.15) is 5.82 Å². The Hall–Kier alpha value is -2.11. The SMILES string of the molecule is CCNC(=NCCNC(=O)Cc1ccc(F)cc1)N1CC(C)CC(C)C1. The summed E-state index contributed by atoms with van der Waals surface area (Å²) in [6, 6.07) is 6.01. The molecule has 1 amide bonds. The number of carbonyl (C=O) groups is 1. The largest absolute Gasteiger partial charge is 0.357 e. The summed E-state index contributed by atoms with van der Waals surface area (Å²) in [5.74, 6) is 1.90. The molecule has 1 saturated heterocycles. The number of benzene rings is 1. The van der Waals surface area contributed by atoms with E-state index in [1.165, 1.54) is 18.6 Å². The molecule has 2 unspecified atom stereocenters. The molecule has 144 valence electrons. The third kappa shape index (κ3) is 6.65. The van der Waals surface area contributed by atoms with Crippen molar-refractivity contribution in [1.82, 2.24) is 15.5 Å². The van der Waals surface area contributed by atoms with Crippen molar-refractivity contribution < 1.29 is 9.18 Å². The van der Waals surface area contributed by atoms with E-state index in [0.29, 0.717) is 24.9 Å². The molecule has 0 bridgehead atoms. The Labute approximate surface area is 156 Å². The lowest BCUT2D eigenvalue weighted by Gasteiger charge is -2.37. The Morgan fingerprint density at radius 2 is 1.85 bits per heavy atom.